The summed E-state index contributed by atoms with van der Waals surface area (Å²) < 4.78 is 5.58. The zero-order valence-corrected chi connectivity index (χ0v) is 16.1. The summed E-state index contributed by atoms with van der Waals surface area (Å²) in [5.74, 6) is 0.668. The summed E-state index contributed by atoms with van der Waals surface area (Å²) in [4.78, 5) is 33.6. The van der Waals surface area contributed by atoms with Crippen molar-refractivity contribution in [2.75, 3.05) is 34.3 Å². The Morgan fingerprint density at radius 2 is 2.00 bits per heavy atom. The van der Waals surface area contributed by atoms with E-state index in [4.69, 9.17) is 16.3 Å². The predicted octanol–water partition coefficient (Wildman–Crippen LogP) is 0.189. The molecule has 3 unspecified atom stereocenters. The second kappa shape index (κ2) is 7.61. The topological polar surface area (TPSA) is 97.7 Å². The highest BCUT2D eigenvalue weighted by Gasteiger charge is 2.49. The fraction of sp³-hybridized carbons (Fsp3) is 0.471. The molecule has 0 aromatic heterocycles. The molecule has 1 fully saturated rings. The summed E-state index contributed by atoms with van der Waals surface area (Å²) in [5.41, 5.74) is 0. The number of carbonyl (C=O) groups is 2. The summed E-state index contributed by atoms with van der Waals surface area (Å²) in [6, 6.07) is 5.63. The summed E-state index contributed by atoms with van der Waals surface area (Å²) in [6.45, 7) is 0.161. The molecule has 3 rings (SSSR count). The average Bonchev–Trinajstić information content (AvgIpc) is 2.99. The number of amides is 3. The first-order valence-electron chi connectivity index (χ1n) is 8.43. The number of aliphatic hydroxyl groups is 1. The van der Waals surface area contributed by atoms with E-state index in [1.807, 2.05) is 0 Å². The van der Waals surface area contributed by atoms with Crippen LogP contribution in [0.5, 0.6) is 5.75 Å². The van der Waals surface area contributed by atoms with E-state index in [1.165, 1.54) is 4.90 Å². The van der Waals surface area contributed by atoms with Gasteiger partial charge in [-0.2, -0.15) is 0 Å². The number of rotatable bonds is 5. The van der Waals surface area contributed by atoms with Crippen molar-refractivity contribution in [1.82, 2.24) is 20.0 Å². The molecule has 10 heteroatoms. The van der Waals surface area contributed by atoms with Crippen LogP contribution in [0.4, 0.5) is 4.79 Å². The van der Waals surface area contributed by atoms with Crippen molar-refractivity contribution >= 4 is 29.5 Å². The van der Waals surface area contributed by atoms with E-state index in [-0.39, 0.29) is 13.2 Å². The van der Waals surface area contributed by atoms with Gasteiger partial charge in [-0.15, -0.1) is 0 Å². The number of carbonyl (C=O) groups excluding carboxylic acids is 2. The van der Waals surface area contributed by atoms with Crippen molar-refractivity contribution in [3.8, 4) is 5.75 Å². The number of benzene rings is 1. The van der Waals surface area contributed by atoms with E-state index in [9.17, 15) is 14.7 Å². The van der Waals surface area contributed by atoms with Crippen molar-refractivity contribution in [2.24, 2.45) is 4.99 Å². The van der Waals surface area contributed by atoms with Crippen molar-refractivity contribution in [1.29, 1.82) is 0 Å². The van der Waals surface area contributed by atoms with Crippen molar-refractivity contribution in [2.45, 2.75) is 18.3 Å². The molecule has 2 N–H and O–H groups in total. The molecule has 3 atom stereocenters. The number of guanidine groups is 1. The van der Waals surface area contributed by atoms with Crippen LogP contribution in [0.2, 0.25) is 5.02 Å². The first kappa shape index (κ1) is 19.2. The molecule has 0 radical (unpaired) electrons. The highest BCUT2D eigenvalue weighted by atomic mass is 35.5. The molecule has 0 bridgehead atoms. The lowest BCUT2D eigenvalue weighted by atomic mass is 10.1. The quantitative estimate of drug-likeness (QED) is 0.738. The third-order valence-corrected chi connectivity index (χ3v) is 4.65. The van der Waals surface area contributed by atoms with Crippen molar-refractivity contribution in [3.05, 3.63) is 29.3 Å². The summed E-state index contributed by atoms with van der Waals surface area (Å²) in [7, 11) is 5.17. The molecule has 2 aliphatic heterocycles. The smallest absolute Gasteiger partial charge is 0.325 e. The number of nitrogens with zero attached hydrogens (tertiary/aromatic N) is 4. The van der Waals surface area contributed by atoms with Gasteiger partial charge in [-0.3, -0.25) is 10.1 Å². The zero-order valence-electron chi connectivity index (χ0n) is 15.3. The molecule has 3 amide bonds. The number of ether oxygens (including phenoxy) is 1. The highest BCUT2D eigenvalue weighted by Crippen LogP contribution is 2.25. The predicted molar refractivity (Wildman–Crippen MR) is 99.7 cm³/mol. The SMILES string of the molecule is CN(C)C1=NC2C(C(=O)NC(=O)N2C)N1CC(O)COc1ccc(Cl)cc1. The minimum absolute atomic E-state index is 0.0343. The summed E-state index contributed by atoms with van der Waals surface area (Å²) >= 11 is 5.84. The molecule has 146 valence electrons. The lowest BCUT2D eigenvalue weighted by Crippen LogP contribution is -2.64. The van der Waals surface area contributed by atoms with Crippen LogP contribution in [0.25, 0.3) is 0 Å². The maximum Gasteiger partial charge on any atom is 0.325 e. The van der Waals surface area contributed by atoms with Gasteiger partial charge in [0.15, 0.2) is 18.2 Å². The number of aliphatic imine (C=N–C) groups is 1. The molecule has 1 aromatic carbocycles. The van der Waals surface area contributed by atoms with Crippen molar-refractivity contribution < 1.29 is 19.4 Å². The largest absolute Gasteiger partial charge is 0.491 e. The van der Waals surface area contributed by atoms with Crippen molar-refractivity contribution in [3.63, 3.8) is 0 Å². The van der Waals surface area contributed by atoms with Crippen LogP contribution in [-0.4, -0.2) is 90.3 Å². The van der Waals surface area contributed by atoms with Crippen LogP contribution in [0.1, 0.15) is 0 Å². The third kappa shape index (κ3) is 3.93. The molecule has 1 saturated heterocycles. The number of imide groups is 1. The standard InChI is InChI=1S/C17H22ClN5O4/c1-21(2)16-19-14-13(15(25)20-17(26)22(14)3)23(16)8-11(24)9-27-12-6-4-10(18)5-7-12/h4-7,11,13-14,24H,8-9H2,1-3H3,(H,20,25,26). The van der Waals surface area contributed by atoms with Gasteiger partial charge in [0.1, 0.15) is 18.5 Å². The Hall–Kier alpha value is -2.52. The number of β-amino-alcohol motifs (C(OH)–C–C–N with tert-alkyl or cyclic N) is 1. The summed E-state index contributed by atoms with van der Waals surface area (Å²) in [6.07, 6.45) is -1.51. The number of likely N-dealkylation sites (N-methyl/N-ethyl adjacent to an activating group) is 1. The lowest BCUT2D eigenvalue weighted by molar-refractivity contribution is -0.127. The zero-order chi connectivity index (χ0) is 19.7. The Labute approximate surface area is 162 Å². The van der Waals surface area contributed by atoms with Crippen LogP contribution in [0.15, 0.2) is 29.3 Å². The maximum absolute atomic E-state index is 12.4. The van der Waals surface area contributed by atoms with Crippen LogP contribution in [0.3, 0.4) is 0 Å². The number of fused-ring (bicyclic) bond motifs is 1. The molecular weight excluding hydrogens is 374 g/mol. The highest BCUT2D eigenvalue weighted by molar-refractivity contribution is 6.30. The number of nitrogens with one attached hydrogen (secondary N) is 1. The van der Waals surface area contributed by atoms with Gasteiger partial charge in [-0.25, -0.2) is 9.79 Å². The Bertz CT molecular complexity index is 754. The van der Waals surface area contributed by atoms with E-state index in [0.29, 0.717) is 16.7 Å². The monoisotopic (exact) mass is 395 g/mol. The molecule has 1 aromatic rings. The van der Waals surface area contributed by atoms with Gasteiger partial charge in [0.2, 0.25) is 0 Å². The Morgan fingerprint density at radius 3 is 2.63 bits per heavy atom. The van der Waals surface area contributed by atoms with E-state index in [1.54, 1.807) is 55.2 Å². The minimum Gasteiger partial charge on any atom is -0.491 e. The van der Waals surface area contributed by atoms with E-state index in [0.717, 1.165) is 0 Å². The Kier molecular flexibility index (Phi) is 5.43. The number of aliphatic hydroxyl groups excluding tert-OH is 1. The van der Waals surface area contributed by atoms with Crippen LogP contribution in [-0.2, 0) is 4.79 Å². The number of urea groups is 1. The molecule has 2 heterocycles. The van der Waals surface area contributed by atoms with E-state index in [2.05, 4.69) is 10.3 Å². The molecule has 27 heavy (non-hydrogen) atoms. The van der Waals surface area contributed by atoms with E-state index < -0.39 is 30.2 Å². The van der Waals surface area contributed by atoms with E-state index >= 15 is 0 Å². The number of hydrogen-bond donors (Lipinski definition) is 2. The minimum atomic E-state index is -0.875. The number of halogens is 1. The second-order valence-corrected chi connectivity index (χ2v) is 7.09. The first-order chi connectivity index (χ1) is 12.8. The molecule has 0 saturated carbocycles. The average molecular weight is 396 g/mol. The normalized spacial score (nSPS) is 22.9. The van der Waals surface area contributed by atoms with Gasteiger partial charge in [-0.05, 0) is 24.3 Å². The molecule has 9 nitrogen and oxygen atoms in total. The van der Waals surface area contributed by atoms with Gasteiger partial charge in [0.05, 0.1) is 6.54 Å². The number of hydrogen-bond acceptors (Lipinski definition) is 7. The summed E-state index contributed by atoms with van der Waals surface area (Å²) in [5, 5.41) is 13.4. The van der Waals surface area contributed by atoms with Gasteiger partial charge >= 0.3 is 6.03 Å². The molecule has 0 aliphatic carbocycles. The fourth-order valence-electron chi connectivity index (χ4n) is 3.08. The fourth-order valence-corrected chi connectivity index (χ4v) is 3.21. The van der Waals surface area contributed by atoms with Gasteiger partial charge in [0, 0.05) is 26.2 Å². The second-order valence-electron chi connectivity index (χ2n) is 6.66. The van der Waals surface area contributed by atoms with Crippen LogP contribution >= 0.6 is 11.6 Å². The van der Waals surface area contributed by atoms with Crippen LogP contribution < -0.4 is 10.1 Å². The lowest BCUT2D eigenvalue weighted by Gasteiger charge is -2.37. The molecule has 0 spiro atoms. The van der Waals surface area contributed by atoms with Gasteiger partial charge in [0.25, 0.3) is 5.91 Å². The van der Waals surface area contributed by atoms with Crippen LogP contribution in [0, 0.1) is 0 Å². The van der Waals surface area contributed by atoms with Gasteiger partial charge in [-0.1, -0.05) is 11.6 Å². The Balaban J connectivity index is 1.69. The molecular formula is C17H22ClN5O4. The molecule has 2 aliphatic rings. The first-order valence-corrected chi connectivity index (χ1v) is 8.81. The third-order valence-electron chi connectivity index (χ3n) is 4.40. The van der Waals surface area contributed by atoms with Gasteiger partial charge < -0.3 is 24.5 Å². The Morgan fingerprint density at radius 1 is 1.33 bits per heavy atom. The maximum atomic E-state index is 12.4.